The van der Waals surface area contributed by atoms with Gasteiger partial charge in [-0.2, -0.15) is 9.40 Å². The van der Waals surface area contributed by atoms with E-state index in [0.717, 1.165) is 0 Å². The van der Waals surface area contributed by atoms with Crippen LogP contribution in [-0.4, -0.2) is 59.5 Å². The first kappa shape index (κ1) is 21.1. The van der Waals surface area contributed by atoms with Crippen LogP contribution in [0.4, 0.5) is 0 Å². The lowest BCUT2D eigenvalue weighted by Gasteiger charge is -2.33. The van der Waals surface area contributed by atoms with Crippen LogP contribution in [0.25, 0.3) is 0 Å². The van der Waals surface area contributed by atoms with Gasteiger partial charge in [-0.25, -0.2) is 8.42 Å². The lowest BCUT2D eigenvalue weighted by molar-refractivity contribution is 0.0698. The predicted molar refractivity (Wildman–Crippen MR) is 115 cm³/mol. The van der Waals surface area contributed by atoms with Crippen molar-refractivity contribution < 1.29 is 13.2 Å². The molecule has 1 saturated heterocycles. The molecule has 0 radical (unpaired) electrons. The molecule has 0 N–H and O–H groups in total. The second-order valence-corrected chi connectivity index (χ2v) is 10.1. The van der Waals surface area contributed by atoms with E-state index in [4.69, 9.17) is 0 Å². The fourth-order valence-corrected chi connectivity index (χ4v) is 5.88. The van der Waals surface area contributed by atoms with E-state index in [1.165, 1.54) is 42.0 Å². The highest BCUT2D eigenvalue weighted by atomic mass is 32.2. The van der Waals surface area contributed by atoms with Gasteiger partial charge in [0, 0.05) is 38.9 Å². The number of benzene rings is 1. The van der Waals surface area contributed by atoms with Gasteiger partial charge >= 0.3 is 0 Å². The molecule has 2 fully saturated rings. The first-order valence-electron chi connectivity index (χ1n) is 10.9. The molecule has 1 amide bonds. The smallest absolute Gasteiger partial charge is 0.257 e. The molecule has 4 rings (SSSR count). The summed E-state index contributed by atoms with van der Waals surface area (Å²) in [7, 11) is -3.54. The number of carbonyl (C=O) groups is 1. The minimum absolute atomic E-state index is 0.0939. The number of hydrogen-bond acceptors (Lipinski definition) is 4. The molecule has 2 aromatic rings. The number of sulfonamides is 1. The molecule has 8 heteroatoms. The van der Waals surface area contributed by atoms with Crippen molar-refractivity contribution in [2.45, 2.75) is 56.4 Å². The summed E-state index contributed by atoms with van der Waals surface area (Å²) < 4.78 is 29.3. The van der Waals surface area contributed by atoms with Gasteiger partial charge in [-0.05, 0) is 43.4 Å². The van der Waals surface area contributed by atoms with Gasteiger partial charge in [0.25, 0.3) is 5.91 Å². The number of rotatable bonds is 5. The topological polar surface area (TPSA) is 75.5 Å². The van der Waals surface area contributed by atoms with E-state index in [1.807, 2.05) is 19.1 Å². The van der Waals surface area contributed by atoms with Crippen LogP contribution in [-0.2, 0) is 16.6 Å². The van der Waals surface area contributed by atoms with Gasteiger partial charge < -0.3 is 4.90 Å². The van der Waals surface area contributed by atoms with E-state index >= 15 is 0 Å². The molecule has 0 unspecified atom stereocenters. The van der Waals surface area contributed by atoms with Gasteiger partial charge in [0.05, 0.1) is 16.7 Å². The number of aryl methyl sites for hydroxylation is 1. The monoisotopic (exact) mass is 430 g/mol. The van der Waals surface area contributed by atoms with Crippen molar-refractivity contribution in [2.24, 2.45) is 0 Å². The average molecular weight is 431 g/mol. The SMILES string of the molecule is CCn1cc(C(=O)N2CCN(S(=O)(=O)c3ccc(C4CCCCC4)cc3)CC2)cn1. The number of nitrogens with zero attached hydrogens (tertiary/aromatic N) is 4. The third kappa shape index (κ3) is 4.30. The molecule has 0 bridgehead atoms. The Hall–Kier alpha value is -2.19. The Morgan fingerprint density at radius 3 is 2.30 bits per heavy atom. The van der Waals surface area contributed by atoms with E-state index in [-0.39, 0.29) is 5.91 Å². The summed E-state index contributed by atoms with van der Waals surface area (Å²) in [6, 6.07) is 7.45. The molecule has 7 nitrogen and oxygen atoms in total. The Morgan fingerprint density at radius 1 is 1.03 bits per heavy atom. The summed E-state index contributed by atoms with van der Waals surface area (Å²) in [6.45, 7) is 4.05. The quantitative estimate of drug-likeness (QED) is 0.730. The number of amides is 1. The second kappa shape index (κ2) is 8.89. The van der Waals surface area contributed by atoms with Gasteiger partial charge in [-0.1, -0.05) is 31.4 Å². The third-order valence-electron chi connectivity index (χ3n) is 6.32. The number of aromatic nitrogens is 2. The highest BCUT2D eigenvalue weighted by molar-refractivity contribution is 7.89. The lowest BCUT2D eigenvalue weighted by Crippen LogP contribution is -2.50. The zero-order valence-corrected chi connectivity index (χ0v) is 18.4. The van der Waals surface area contributed by atoms with Crippen LogP contribution in [0, 0.1) is 0 Å². The van der Waals surface area contributed by atoms with Crippen LogP contribution in [0.2, 0.25) is 0 Å². The van der Waals surface area contributed by atoms with Gasteiger partial charge in [0.1, 0.15) is 0 Å². The zero-order chi connectivity index (χ0) is 21.1. The maximum Gasteiger partial charge on any atom is 0.257 e. The van der Waals surface area contributed by atoms with E-state index < -0.39 is 10.0 Å². The van der Waals surface area contributed by atoms with Gasteiger partial charge in [-0.15, -0.1) is 0 Å². The lowest BCUT2D eigenvalue weighted by atomic mass is 9.84. The van der Waals surface area contributed by atoms with Crippen molar-refractivity contribution in [1.82, 2.24) is 19.0 Å². The minimum atomic E-state index is -3.54. The summed E-state index contributed by atoms with van der Waals surface area (Å²) in [5.74, 6) is 0.464. The van der Waals surface area contributed by atoms with Crippen LogP contribution in [0.1, 0.15) is 60.9 Å². The molecular weight excluding hydrogens is 400 g/mol. The highest BCUT2D eigenvalue weighted by Crippen LogP contribution is 2.33. The molecule has 2 heterocycles. The van der Waals surface area contributed by atoms with Crippen molar-refractivity contribution >= 4 is 15.9 Å². The summed E-state index contributed by atoms with van der Waals surface area (Å²) in [5, 5.41) is 4.15. The number of piperazine rings is 1. The first-order chi connectivity index (χ1) is 14.5. The van der Waals surface area contributed by atoms with E-state index in [0.29, 0.717) is 49.1 Å². The van der Waals surface area contributed by atoms with E-state index in [2.05, 4.69) is 5.10 Å². The van der Waals surface area contributed by atoms with Crippen molar-refractivity contribution in [3.05, 3.63) is 47.8 Å². The Morgan fingerprint density at radius 2 is 1.70 bits per heavy atom. The summed E-state index contributed by atoms with van der Waals surface area (Å²) >= 11 is 0. The standard InChI is InChI=1S/C22H30N4O3S/c1-2-25-17-20(16-23-25)22(27)24-12-14-26(15-13-24)30(28,29)21-10-8-19(9-11-21)18-6-4-3-5-7-18/h8-11,16-18H,2-7,12-15H2,1H3. The number of hydrogen-bond donors (Lipinski definition) is 0. The maximum atomic E-state index is 13.1. The summed E-state index contributed by atoms with van der Waals surface area (Å²) in [6.07, 6.45) is 9.51. The van der Waals surface area contributed by atoms with Crippen LogP contribution < -0.4 is 0 Å². The van der Waals surface area contributed by atoms with Crippen LogP contribution in [0.3, 0.4) is 0 Å². The van der Waals surface area contributed by atoms with Gasteiger partial charge in [-0.3, -0.25) is 9.48 Å². The van der Waals surface area contributed by atoms with Crippen molar-refractivity contribution in [2.75, 3.05) is 26.2 Å². The van der Waals surface area contributed by atoms with Crippen molar-refractivity contribution in [3.8, 4) is 0 Å². The molecule has 1 aromatic carbocycles. The summed E-state index contributed by atoms with van der Waals surface area (Å²) in [5.41, 5.74) is 1.79. The van der Waals surface area contributed by atoms with E-state index in [9.17, 15) is 13.2 Å². The Bertz CT molecular complexity index is 970. The fourth-order valence-electron chi connectivity index (χ4n) is 4.46. The normalized spacial score (nSPS) is 19.2. The Kier molecular flexibility index (Phi) is 6.24. The molecule has 1 saturated carbocycles. The molecular formula is C22H30N4O3S. The number of carbonyl (C=O) groups excluding carboxylic acids is 1. The Labute approximate surface area is 178 Å². The molecule has 1 aliphatic carbocycles. The van der Waals surface area contributed by atoms with Crippen molar-refractivity contribution in [1.29, 1.82) is 0 Å². The summed E-state index contributed by atoms with van der Waals surface area (Å²) in [4.78, 5) is 14.7. The predicted octanol–water partition coefficient (Wildman–Crippen LogP) is 3.10. The van der Waals surface area contributed by atoms with Crippen LogP contribution in [0.5, 0.6) is 0 Å². The molecule has 0 spiro atoms. The fraction of sp³-hybridized carbons (Fsp3) is 0.545. The average Bonchev–Trinajstić information content (AvgIpc) is 3.29. The van der Waals surface area contributed by atoms with Gasteiger partial charge in [0.2, 0.25) is 10.0 Å². The first-order valence-corrected chi connectivity index (χ1v) is 12.3. The third-order valence-corrected chi connectivity index (χ3v) is 8.24. The molecule has 1 aliphatic heterocycles. The highest BCUT2D eigenvalue weighted by Gasteiger charge is 2.31. The van der Waals surface area contributed by atoms with Crippen LogP contribution >= 0.6 is 0 Å². The minimum Gasteiger partial charge on any atom is -0.336 e. The van der Waals surface area contributed by atoms with E-state index in [1.54, 1.807) is 34.1 Å². The molecule has 0 atom stereocenters. The zero-order valence-electron chi connectivity index (χ0n) is 17.5. The van der Waals surface area contributed by atoms with Gasteiger partial charge in [0.15, 0.2) is 0 Å². The molecule has 2 aliphatic rings. The molecule has 1 aromatic heterocycles. The Balaban J connectivity index is 1.39. The largest absolute Gasteiger partial charge is 0.336 e. The maximum absolute atomic E-state index is 13.1. The molecule has 162 valence electrons. The molecule has 30 heavy (non-hydrogen) atoms. The van der Waals surface area contributed by atoms with Crippen LogP contribution in [0.15, 0.2) is 41.6 Å². The van der Waals surface area contributed by atoms with Crippen molar-refractivity contribution in [3.63, 3.8) is 0 Å². The second-order valence-electron chi connectivity index (χ2n) is 8.18.